The van der Waals surface area contributed by atoms with Crippen molar-refractivity contribution in [1.82, 2.24) is 14.3 Å². The standard InChI is InChI=1S/C15H15F3N4O3/c1-8-4-9(5-21-3-2-19-12(8)21)20-14(25)22-6-10(13(23)24)11(7-22)15(16,17)18/h2-5,10-11H,6-7H2,1H3,(H,20,25)(H,23,24)/t10-,11-/m1/s1. The first-order valence-corrected chi connectivity index (χ1v) is 7.45. The van der Waals surface area contributed by atoms with Crippen molar-refractivity contribution in [3.05, 3.63) is 30.2 Å². The highest BCUT2D eigenvalue weighted by atomic mass is 19.4. The van der Waals surface area contributed by atoms with E-state index in [1.54, 1.807) is 36.0 Å². The maximum Gasteiger partial charge on any atom is 0.394 e. The number of carboxylic acids is 1. The molecule has 1 aliphatic heterocycles. The van der Waals surface area contributed by atoms with Crippen LogP contribution in [-0.2, 0) is 4.79 Å². The third-order valence-corrected chi connectivity index (χ3v) is 4.27. The number of hydrogen-bond acceptors (Lipinski definition) is 3. The van der Waals surface area contributed by atoms with Gasteiger partial charge in [0, 0.05) is 31.7 Å². The number of carbonyl (C=O) groups is 2. The number of aliphatic carboxylic acids is 1. The number of nitrogens with one attached hydrogen (secondary N) is 1. The average Bonchev–Trinajstić information content (AvgIpc) is 3.13. The Labute approximate surface area is 140 Å². The number of pyridine rings is 1. The third-order valence-electron chi connectivity index (χ3n) is 4.27. The normalized spacial score (nSPS) is 20.9. The number of carbonyl (C=O) groups excluding carboxylic acids is 1. The zero-order valence-corrected chi connectivity index (χ0v) is 13.1. The summed E-state index contributed by atoms with van der Waals surface area (Å²) in [5, 5.41) is 11.5. The van der Waals surface area contributed by atoms with E-state index in [9.17, 15) is 22.8 Å². The molecule has 0 spiro atoms. The molecule has 7 nitrogen and oxygen atoms in total. The highest BCUT2D eigenvalue weighted by Gasteiger charge is 2.53. The summed E-state index contributed by atoms with van der Waals surface area (Å²) in [6, 6.07) is 0.878. The largest absolute Gasteiger partial charge is 0.481 e. The summed E-state index contributed by atoms with van der Waals surface area (Å²) < 4.78 is 40.7. The number of nitrogens with zero attached hydrogens (tertiary/aromatic N) is 3. The number of alkyl halides is 3. The zero-order chi connectivity index (χ0) is 18.4. The van der Waals surface area contributed by atoms with E-state index in [0.717, 1.165) is 10.5 Å². The first kappa shape index (κ1) is 17.1. The van der Waals surface area contributed by atoms with Crippen molar-refractivity contribution in [3.63, 3.8) is 0 Å². The number of halogens is 3. The van der Waals surface area contributed by atoms with Crippen LogP contribution in [0.1, 0.15) is 5.56 Å². The average molecular weight is 356 g/mol. The molecule has 1 fully saturated rings. The summed E-state index contributed by atoms with van der Waals surface area (Å²) in [5.74, 6) is -5.30. The van der Waals surface area contributed by atoms with E-state index in [0.29, 0.717) is 11.3 Å². The molecule has 1 saturated heterocycles. The van der Waals surface area contributed by atoms with Gasteiger partial charge in [-0.3, -0.25) is 4.79 Å². The maximum atomic E-state index is 13.0. The van der Waals surface area contributed by atoms with Crippen LogP contribution in [0.3, 0.4) is 0 Å². The van der Waals surface area contributed by atoms with Crippen LogP contribution >= 0.6 is 0 Å². The second-order valence-corrected chi connectivity index (χ2v) is 6.00. The Bertz CT molecular complexity index is 833. The maximum absolute atomic E-state index is 13.0. The van der Waals surface area contributed by atoms with Crippen molar-refractivity contribution in [2.24, 2.45) is 11.8 Å². The van der Waals surface area contributed by atoms with Crippen molar-refractivity contribution in [2.75, 3.05) is 18.4 Å². The minimum atomic E-state index is -4.68. The molecule has 3 rings (SSSR count). The summed E-state index contributed by atoms with van der Waals surface area (Å²) in [6.07, 6.45) is 0.164. The van der Waals surface area contributed by atoms with Gasteiger partial charge >= 0.3 is 18.2 Å². The predicted octanol–water partition coefficient (Wildman–Crippen LogP) is 2.37. The minimum absolute atomic E-state index is 0.385. The van der Waals surface area contributed by atoms with Crippen molar-refractivity contribution in [2.45, 2.75) is 13.1 Å². The van der Waals surface area contributed by atoms with Crippen LogP contribution in [0.5, 0.6) is 0 Å². The fraction of sp³-hybridized carbons (Fsp3) is 0.400. The zero-order valence-electron chi connectivity index (χ0n) is 13.1. The molecular weight excluding hydrogens is 341 g/mol. The molecule has 10 heteroatoms. The van der Waals surface area contributed by atoms with E-state index in [1.807, 2.05) is 0 Å². The Morgan fingerprint density at radius 1 is 1.36 bits per heavy atom. The number of hydrogen-bond donors (Lipinski definition) is 2. The van der Waals surface area contributed by atoms with Crippen molar-refractivity contribution >= 4 is 23.3 Å². The molecule has 2 aromatic heterocycles. The monoisotopic (exact) mass is 356 g/mol. The van der Waals surface area contributed by atoms with Gasteiger partial charge in [0.2, 0.25) is 0 Å². The fourth-order valence-electron chi connectivity index (χ4n) is 3.03. The molecular formula is C15H15F3N4O3. The second-order valence-electron chi connectivity index (χ2n) is 6.00. The van der Waals surface area contributed by atoms with Gasteiger partial charge in [-0.05, 0) is 18.6 Å². The van der Waals surface area contributed by atoms with Gasteiger partial charge in [-0.15, -0.1) is 0 Å². The van der Waals surface area contributed by atoms with Crippen molar-refractivity contribution in [3.8, 4) is 0 Å². The van der Waals surface area contributed by atoms with Crippen LogP contribution in [0.2, 0.25) is 0 Å². The fourth-order valence-corrected chi connectivity index (χ4v) is 3.03. The third kappa shape index (κ3) is 3.24. The summed E-state index contributed by atoms with van der Waals surface area (Å²) in [6.45, 7) is 0.615. The van der Waals surface area contributed by atoms with Crippen molar-refractivity contribution in [1.29, 1.82) is 0 Å². The van der Waals surface area contributed by atoms with E-state index in [2.05, 4.69) is 10.3 Å². The van der Waals surface area contributed by atoms with Gasteiger partial charge in [0.15, 0.2) is 0 Å². The molecule has 2 atom stereocenters. The van der Waals surface area contributed by atoms with E-state index >= 15 is 0 Å². The number of rotatable bonds is 2. The number of fused-ring (bicyclic) bond motifs is 1. The Balaban J connectivity index is 1.77. The lowest BCUT2D eigenvalue weighted by molar-refractivity contribution is -0.187. The Morgan fingerprint density at radius 3 is 2.68 bits per heavy atom. The summed E-state index contributed by atoms with van der Waals surface area (Å²) in [7, 11) is 0. The first-order valence-electron chi connectivity index (χ1n) is 7.45. The van der Waals surface area contributed by atoms with Gasteiger partial charge in [-0.1, -0.05) is 0 Å². The van der Waals surface area contributed by atoms with Crippen LogP contribution in [0.4, 0.5) is 23.7 Å². The lowest BCUT2D eigenvalue weighted by Gasteiger charge is -2.19. The SMILES string of the molecule is Cc1cc(NC(=O)N2C[C@@H](C(F)(F)F)[C@H](C(=O)O)C2)cn2ccnc12. The Kier molecular flexibility index (Phi) is 4.05. The van der Waals surface area contributed by atoms with Gasteiger partial charge in [-0.25, -0.2) is 9.78 Å². The summed E-state index contributed by atoms with van der Waals surface area (Å²) in [5.41, 5.74) is 1.86. The number of imidazole rings is 1. The number of likely N-dealkylation sites (tertiary alicyclic amines) is 1. The van der Waals surface area contributed by atoms with Crippen LogP contribution in [0.25, 0.3) is 5.65 Å². The van der Waals surface area contributed by atoms with E-state index in [4.69, 9.17) is 5.11 Å². The van der Waals surface area contributed by atoms with E-state index in [1.165, 1.54) is 0 Å². The number of urea groups is 1. The molecule has 0 aromatic carbocycles. The number of amides is 2. The molecule has 0 unspecified atom stereocenters. The van der Waals surface area contributed by atoms with Gasteiger partial charge in [0.1, 0.15) is 5.65 Å². The topological polar surface area (TPSA) is 86.9 Å². The van der Waals surface area contributed by atoms with E-state index in [-0.39, 0.29) is 0 Å². The number of anilines is 1. The Hall–Kier alpha value is -2.78. The number of carboxylic acid groups (broad SMARTS) is 1. The highest BCUT2D eigenvalue weighted by molar-refractivity contribution is 5.90. The molecule has 0 saturated carbocycles. The molecule has 1 aliphatic rings. The predicted molar refractivity (Wildman–Crippen MR) is 81.2 cm³/mol. The number of aryl methyl sites for hydroxylation is 1. The second kappa shape index (κ2) is 5.94. The quantitative estimate of drug-likeness (QED) is 0.865. The lowest BCUT2D eigenvalue weighted by Crippen LogP contribution is -2.35. The first-order chi connectivity index (χ1) is 11.7. The van der Waals surface area contributed by atoms with Gasteiger partial charge < -0.3 is 19.7 Å². The highest BCUT2D eigenvalue weighted by Crippen LogP contribution is 2.37. The molecule has 134 valence electrons. The van der Waals surface area contributed by atoms with Crippen LogP contribution in [-0.4, -0.2) is 50.7 Å². The van der Waals surface area contributed by atoms with Gasteiger partial charge in [0.05, 0.1) is 17.5 Å². The molecule has 3 heterocycles. The van der Waals surface area contributed by atoms with Crippen LogP contribution in [0, 0.1) is 18.8 Å². The molecule has 25 heavy (non-hydrogen) atoms. The van der Waals surface area contributed by atoms with Crippen molar-refractivity contribution < 1.29 is 27.9 Å². The molecule has 0 bridgehead atoms. The smallest absolute Gasteiger partial charge is 0.394 e. The summed E-state index contributed by atoms with van der Waals surface area (Å²) >= 11 is 0. The lowest BCUT2D eigenvalue weighted by atomic mass is 9.96. The minimum Gasteiger partial charge on any atom is -0.481 e. The molecule has 2 N–H and O–H groups in total. The van der Waals surface area contributed by atoms with E-state index < -0.39 is 43.1 Å². The molecule has 0 aliphatic carbocycles. The Morgan fingerprint density at radius 2 is 2.08 bits per heavy atom. The molecule has 2 amide bonds. The van der Waals surface area contributed by atoms with Crippen LogP contribution in [0.15, 0.2) is 24.7 Å². The molecule has 2 aromatic rings. The van der Waals surface area contributed by atoms with Gasteiger partial charge in [-0.2, -0.15) is 13.2 Å². The van der Waals surface area contributed by atoms with Crippen LogP contribution < -0.4 is 5.32 Å². The van der Waals surface area contributed by atoms with Gasteiger partial charge in [0.25, 0.3) is 0 Å². The summed E-state index contributed by atoms with van der Waals surface area (Å²) in [4.78, 5) is 28.4. The number of aromatic nitrogens is 2. The molecule has 0 radical (unpaired) electrons.